The van der Waals surface area contributed by atoms with Gasteiger partial charge >= 0.3 is 0 Å². The Hall–Kier alpha value is -2.48. The lowest BCUT2D eigenvalue weighted by atomic mass is 10.2. The smallest absolute Gasteiger partial charge is 0.270 e. The van der Waals surface area contributed by atoms with Crippen LogP contribution in [0, 0.1) is 13.8 Å². The van der Waals surface area contributed by atoms with Gasteiger partial charge in [0.2, 0.25) is 5.95 Å². The second-order valence-corrected chi connectivity index (χ2v) is 8.51. The average Bonchev–Trinajstić information content (AvgIpc) is 2.88. The number of nitrogens with zero attached hydrogens (tertiary/aromatic N) is 2. The third-order valence-electron chi connectivity index (χ3n) is 3.96. The number of aromatic nitrogens is 2. The van der Waals surface area contributed by atoms with Crippen molar-refractivity contribution >= 4 is 27.4 Å². The maximum Gasteiger partial charge on any atom is 0.270 e. The van der Waals surface area contributed by atoms with E-state index in [9.17, 15) is 13.2 Å². The first-order valence-electron chi connectivity index (χ1n) is 8.01. The molecule has 25 heavy (non-hydrogen) atoms. The molecule has 3 rings (SSSR count). The maximum absolute atomic E-state index is 12.4. The summed E-state index contributed by atoms with van der Waals surface area (Å²) in [6.07, 6.45) is 0.437. The number of anilines is 2. The molecule has 1 amide bonds. The molecule has 1 aromatic carbocycles. The van der Waals surface area contributed by atoms with Gasteiger partial charge in [0.05, 0.1) is 11.5 Å². The topological polar surface area (TPSA) is 101 Å². The summed E-state index contributed by atoms with van der Waals surface area (Å²) in [6, 6.07) is 8.97. The zero-order valence-corrected chi connectivity index (χ0v) is 14.9. The molecule has 8 heteroatoms. The lowest BCUT2D eigenvalue weighted by Gasteiger charge is -2.12. The summed E-state index contributed by atoms with van der Waals surface area (Å²) in [5.41, 5.74) is 2.83. The number of benzene rings is 1. The van der Waals surface area contributed by atoms with Crippen LogP contribution >= 0.6 is 0 Å². The molecule has 2 aromatic rings. The molecule has 1 atom stereocenters. The van der Waals surface area contributed by atoms with Crippen molar-refractivity contribution in [2.24, 2.45) is 0 Å². The molecular weight excluding hydrogens is 340 g/mol. The lowest BCUT2D eigenvalue weighted by molar-refractivity contribution is 0.0936. The number of nitrogens with one attached hydrogen (secondary N) is 2. The maximum atomic E-state index is 12.4. The van der Waals surface area contributed by atoms with E-state index < -0.39 is 9.84 Å². The minimum atomic E-state index is -3.04. The van der Waals surface area contributed by atoms with Gasteiger partial charge in [-0.25, -0.2) is 18.4 Å². The molecule has 0 radical (unpaired) electrons. The number of carbonyl (C=O) groups excluding carboxylic acids is 1. The number of hydrogen-bond donors (Lipinski definition) is 2. The highest BCUT2D eigenvalue weighted by Gasteiger charge is 2.29. The molecule has 2 heterocycles. The third-order valence-corrected chi connectivity index (χ3v) is 5.73. The van der Waals surface area contributed by atoms with Gasteiger partial charge in [0.15, 0.2) is 9.84 Å². The summed E-state index contributed by atoms with van der Waals surface area (Å²) in [7, 11) is -3.04. The summed E-state index contributed by atoms with van der Waals surface area (Å²) >= 11 is 0. The van der Waals surface area contributed by atoms with E-state index in [4.69, 9.17) is 0 Å². The SMILES string of the molecule is Cc1ccc(Nc2nc(C)cc(C(=O)NC3CCS(=O)(=O)C3)n2)cc1. The van der Waals surface area contributed by atoms with Gasteiger partial charge in [0.1, 0.15) is 5.69 Å². The second-order valence-electron chi connectivity index (χ2n) is 6.28. The van der Waals surface area contributed by atoms with Gasteiger partial charge in [0.25, 0.3) is 5.91 Å². The van der Waals surface area contributed by atoms with E-state index in [1.807, 2.05) is 31.2 Å². The van der Waals surface area contributed by atoms with Crippen LogP contribution in [0.1, 0.15) is 28.2 Å². The van der Waals surface area contributed by atoms with Gasteiger partial charge < -0.3 is 10.6 Å². The molecular formula is C17H20N4O3S. The normalized spacial score (nSPS) is 18.7. The zero-order valence-electron chi connectivity index (χ0n) is 14.1. The summed E-state index contributed by atoms with van der Waals surface area (Å²) < 4.78 is 23.0. The molecule has 1 fully saturated rings. The molecule has 1 aromatic heterocycles. The van der Waals surface area contributed by atoms with Crippen molar-refractivity contribution in [3.63, 3.8) is 0 Å². The summed E-state index contributed by atoms with van der Waals surface area (Å²) in [4.78, 5) is 20.9. The summed E-state index contributed by atoms with van der Waals surface area (Å²) in [6.45, 7) is 3.78. The lowest BCUT2D eigenvalue weighted by Crippen LogP contribution is -2.36. The number of hydrogen-bond acceptors (Lipinski definition) is 6. The Kier molecular flexibility index (Phi) is 4.71. The Balaban J connectivity index is 1.74. The molecule has 0 aliphatic carbocycles. The molecule has 1 saturated heterocycles. The standard InChI is InChI=1S/C17H20N4O3S/c1-11-3-5-13(6-4-11)20-17-18-12(2)9-15(21-17)16(22)19-14-7-8-25(23,24)10-14/h3-6,9,14H,7-8,10H2,1-2H3,(H,19,22)(H,18,20,21). The third kappa shape index (κ3) is 4.54. The molecule has 0 spiro atoms. The van der Waals surface area contributed by atoms with Crippen LogP contribution < -0.4 is 10.6 Å². The van der Waals surface area contributed by atoms with Crippen molar-refractivity contribution < 1.29 is 13.2 Å². The largest absolute Gasteiger partial charge is 0.347 e. The van der Waals surface area contributed by atoms with E-state index in [1.165, 1.54) is 0 Å². The Morgan fingerprint density at radius 2 is 1.88 bits per heavy atom. The number of rotatable bonds is 4. The molecule has 0 bridgehead atoms. The predicted molar refractivity (Wildman–Crippen MR) is 95.8 cm³/mol. The molecule has 7 nitrogen and oxygen atoms in total. The zero-order chi connectivity index (χ0) is 18.0. The first-order chi connectivity index (χ1) is 11.8. The Bertz CT molecular complexity index is 895. The monoisotopic (exact) mass is 360 g/mol. The predicted octanol–water partition coefficient (Wildman–Crippen LogP) is 1.75. The Morgan fingerprint density at radius 3 is 2.52 bits per heavy atom. The van der Waals surface area contributed by atoms with E-state index in [0.29, 0.717) is 18.1 Å². The van der Waals surface area contributed by atoms with E-state index in [2.05, 4.69) is 20.6 Å². The first-order valence-corrected chi connectivity index (χ1v) is 9.83. The van der Waals surface area contributed by atoms with Gasteiger partial charge in [-0.2, -0.15) is 0 Å². The highest BCUT2D eigenvalue weighted by molar-refractivity contribution is 7.91. The van der Waals surface area contributed by atoms with Gasteiger partial charge in [-0.1, -0.05) is 17.7 Å². The molecule has 132 valence electrons. The fourth-order valence-electron chi connectivity index (χ4n) is 2.67. The van der Waals surface area contributed by atoms with E-state index in [1.54, 1.807) is 13.0 Å². The highest BCUT2D eigenvalue weighted by atomic mass is 32.2. The van der Waals surface area contributed by atoms with Gasteiger partial charge in [-0.3, -0.25) is 4.79 Å². The fraction of sp³-hybridized carbons (Fsp3) is 0.353. The van der Waals surface area contributed by atoms with Crippen LogP contribution in [0.5, 0.6) is 0 Å². The van der Waals surface area contributed by atoms with Gasteiger partial charge in [-0.15, -0.1) is 0 Å². The Morgan fingerprint density at radius 1 is 1.16 bits per heavy atom. The number of carbonyl (C=O) groups is 1. The molecule has 0 saturated carbocycles. The molecule has 1 unspecified atom stereocenters. The van der Waals surface area contributed by atoms with Gasteiger partial charge in [0, 0.05) is 17.4 Å². The van der Waals surface area contributed by atoms with Crippen LogP contribution in [0.15, 0.2) is 30.3 Å². The number of aryl methyl sites for hydroxylation is 2. The van der Waals surface area contributed by atoms with Crippen LogP contribution in [-0.4, -0.2) is 41.8 Å². The fourth-order valence-corrected chi connectivity index (χ4v) is 4.35. The van der Waals surface area contributed by atoms with Gasteiger partial charge in [-0.05, 0) is 38.5 Å². The van der Waals surface area contributed by atoms with Crippen LogP contribution in [0.25, 0.3) is 0 Å². The van der Waals surface area contributed by atoms with Crippen molar-refractivity contribution in [2.45, 2.75) is 26.3 Å². The van der Waals surface area contributed by atoms with Crippen LogP contribution in [-0.2, 0) is 9.84 Å². The average molecular weight is 360 g/mol. The number of amides is 1. The number of sulfone groups is 1. The van der Waals surface area contributed by atoms with E-state index in [-0.39, 0.29) is 29.1 Å². The van der Waals surface area contributed by atoms with Crippen LogP contribution in [0.3, 0.4) is 0 Å². The molecule has 1 aliphatic rings. The Labute approximate surface area is 146 Å². The highest BCUT2D eigenvalue weighted by Crippen LogP contribution is 2.16. The molecule has 1 aliphatic heterocycles. The van der Waals surface area contributed by atoms with Crippen molar-refractivity contribution in [3.05, 3.63) is 47.3 Å². The van der Waals surface area contributed by atoms with E-state index >= 15 is 0 Å². The second kappa shape index (κ2) is 6.79. The quantitative estimate of drug-likeness (QED) is 0.861. The van der Waals surface area contributed by atoms with Crippen molar-refractivity contribution in [3.8, 4) is 0 Å². The van der Waals surface area contributed by atoms with E-state index in [0.717, 1.165) is 11.3 Å². The van der Waals surface area contributed by atoms with Crippen LogP contribution in [0.4, 0.5) is 11.6 Å². The minimum absolute atomic E-state index is 0.0166. The minimum Gasteiger partial charge on any atom is -0.347 e. The first kappa shape index (κ1) is 17.3. The van der Waals surface area contributed by atoms with Crippen molar-refractivity contribution in [2.75, 3.05) is 16.8 Å². The summed E-state index contributed by atoms with van der Waals surface area (Å²) in [5.74, 6) is 0.0331. The van der Waals surface area contributed by atoms with Crippen LogP contribution in [0.2, 0.25) is 0 Å². The van der Waals surface area contributed by atoms with Crippen molar-refractivity contribution in [1.82, 2.24) is 15.3 Å². The molecule has 2 N–H and O–H groups in total. The van der Waals surface area contributed by atoms with Crippen molar-refractivity contribution in [1.29, 1.82) is 0 Å². The summed E-state index contributed by atoms with van der Waals surface area (Å²) in [5, 5.41) is 5.82.